The standard InChI is InChI=1S/C20H21ClFN5O4/c1-26-8-6-14(20(30)31-2)27-17(19(26)29)15-13(25-27)5-7-23-16(15)18(28)24-10-3-4-12(22)11(21)9-10/h3-4,9,14,16,23H,5-8H2,1-2H3,(H,24,28). The van der Waals surface area contributed by atoms with Gasteiger partial charge in [0.25, 0.3) is 5.91 Å². The summed E-state index contributed by atoms with van der Waals surface area (Å²) in [6.45, 7) is 0.799. The molecule has 1 aromatic carbocycles. The molecule has 2 aliphatic heterocycles. The van der Waals surface area contributed by atoms with Crippen LogP contribution in [0.25, 0.3) is 0 Å². The van der Waals surface area contributed by atoms with Gasteiger partial charge in [0, 0.05) is 37.8 Å². The van der Waals surface area contributed by atoms with Crippen LogP contribution in [-0.2, 0) is 20.7 Å². The normalized spacial score (nSPS) is 20.5. The maximum Gasteiger partial charge on any atom is 0.330 e. The number of esters is 1. The minimum Gasteiger partial charge on any atom is -0.467 e. The van der Waals surface area contributed by atoms with Crippen LogP contribution in [0.3, 0.4) is 0 Å². The average molecular weight is 450 g/mol. The zero-order chi connectivity index (χ0) is 22.3. The molecule has 4 rings (SSSR count). The number of anilines is 1. The van der Waals surface area contributed by atoms with E-state index >= 15 is 0 Å². The van der Waals surface area contributed by atoms with Crippen molar-refractivity contribution in [2.45, 2.75) is 24.9 Å². The highest BCUT2D eigenvalue weighted by Crippen LogP contribution is 2.33. The SMILES string of the molecule is COC(=O)C1CCN(C)C(=O)c2c3c(nn21)CCNC3C(=O)Nc1ccc(F)c(Cl)c1. The van der Waals surface area contributed by atoms with Gasteiger partial charge < -0.3 is 20.3 Å². The van der Waals surface area contributed by atoms with Crippen LogP contribution < -0.4 is 10.6 Å². The second kappa shape index (κ2) is 8.27. The van der Waals surface area contributed by atoms with Crippen molar-refractivity contribution in [2.75, 3.05) is 32.6 Å². The van der Waals surface area contributed by atoms with Crippen LogP contribution in [0.1, 0.15) is 40.3 Å². The summed E-state index contributed by atoms with van der Waals surface area (Å²) in [7, 11) is 2.92. The first kappa shape index (κ1) is 21.3. The molecule has 2 atom stereocenters. The van der Waals surface area contributed by atoms with Gasteiger partial charge in [0.05, 0.1) is 17.8 Å². The summed E-state index contributed by atoms with van der Waals surface area (Å²) >= 11 is 5.81. The number of nitrogens with zero attached hydrogens (tertiary/aromatic N) is 3. The Bertz CT molecular complexity index is 1070. The number of benzene rings is 1. The van der Waals surface area contributed by atoms with E-state index in [0.717, 1.165) is 6.07 Å². The highest BCUT2D eigenvalue weighted by molar-refractivity contribution is 6.31. The molecule has 9 nitrogen and oxygen atoms in total. The largest absolute Gasteiger partial charge is 0.467 e. The van der Waals surface area contributed by atoms with Gasteiger partial charge in [0.1, 0.15) is 17.6 Å². The van der Waals surface area contributed by atoms with Crippen LogP contribution in [0, 0.1) is 5.82 Å². The molecule has 3 heterocycles. The maximum atomic E-state index is 13.4. The minimum absolute atomic E-state index is 0.118. The van der Waals surface area contributed by atoms with E-state index in [1.807, 2.05) is 0 Å². The molecular weight excluding hydrogens is 429 g/mol. The number of hydrogen-bond acceptors (Lipinski definition) is 6. The molecule has 1 aromatic heterocycles. The molecule has 2 aliphatic rings. The monoisotopic (exact) mass is 449 g/mol. The number of fused-ring (bicyclic) bond motifs is 3. The fourth-order valence-corrected chi connectivity index (χ4v) is 4.12. The van der Waals surface area contributed by atoms with Gasteiger partial charge in [-0.1, -0.05) is 11.6 Å². The molecule has 31 heavy (non-hydrogen) atoms. The second-order valence-electron chi connectivity index (χ2n) is 7.46. The Kier molecular flexibility index (Phi) is 5.67. The van der Waals surface area contributed by atoms with Gasteiger partial charge in [0.2, 0.25) is 5.91 Å². The number of amides is 2. The van der Waals surface area contributed by atoms with Crippen LogP contribution in [-0.4, -0.2) is 59.7 Å². The van der Waals surface area contributed by atoms with Gasteiger partial charge in [-0.15, -0.1) is 0 Å². The lowest BCUT2D eigenvalue weighted by molar-refractivity contribution is -0.145. The molecule has 2 aromatic rings. The summed E-state index contributed by atoms with van der Waals surface area (Å²) in [6, 6.07) is 2.21. The van der Waals surface area contributed by atoms with Gasteiger partial charge in [-0.05, 0) is 24.6 Å². The molecule has 0 saturated carbocycles. The van der Waals surface area contributed by atoms with Crippen molar-refractivity contribution in [2.24, 2.45) is 0 Å². The van der Waals surface area contributed by atoms with E-state index in [1.54, 1.807) is 7.05 Å². The van der Waals surface area contributed by atoms with E-state index in [-0.39, 0.29) is 16.6 Å². The molecule has 0 radical (unpaired) electrons. The molecule has 0 fully saturated rings. The summed E-state index contributed by atoms with van der Waals surface area (Å²) < 4.78 is 19.7. The van der Waals surface area contributed by atoms with Gasteiger partial charge in [-0.25, -0.2) is 13.9 Å². The number of methoxy groups -OCH3 is 1. The number of rotatable bonds is 3. The first-order valence-electron chi connectivity index (χ1n) is 9.75. The Balaban J connectivity index is 1.75. The predicted molar refractivity (Wildman–Crippen MR) is 109 cm³/mol. The van der Waals surface area contributed by atoms with E-state index in [4.69, 9.17) is 16.3 Å². The Morgan fingerprint density at radius 1 is 1.39 bits per heavy atom. The highest BCUT2D eigenvalue weighted by atomic mass is 35.5. The lowest BCUT2D eigenvalue weighted by Gasteiger charge is -2.24. The Hall–Kier alpha value is -2.98. The number of hydrogen-bond donors (Lipinski definition) is 2. The third-order valence-corrected chi connectivity index (χ3v) is 5.82. The topological polar surface area (TPSA) is 106 Å². The van der Waals surface area contributed by atoms with Crippen LogP contribution in [0.5, 0.6) is 0 Å². The van der Waals surface area contributed by atoms with Gasteiger partial charge >= 0.3 is 5.97 Å². The number of ether oxygens (including phenoxy) is 1. The van der Waals surface area contributed by atoms with Crippen LogP contribution in [0.2, 0.25) is 5.02 Å². The van der Waals surface area contributed by atoms with Crippen molar-refractivity contribution in [3.05, 3.63) is 46.0 Å². The summed E-state index contributed by atoms with van der Waals surface area (Å²) in [5.41, 5.74) is 1.52. The van der Waals surface area contributed by atoms with Gasteiger partial charge in [0.15, 0.2) is 6.04 Å². The lowest BCUT2D eigenvalue weighted by Crippen LogP contribution is -2.39. The molecule has 2 unspecified atom stereocenters. The van der Waals surface area contributed by atoms with Crippen LogP contribution >= 0.6 is 11.6 Å². The Labute approximate surface area is 182 Å². The second-order valence-corrected chi connectivity index (χ2v) is 7.87. The van der Waals surface area contributed by atoms with Crippen molar-refractivity contribution in [1.29, 1.82) is 0 Å². The van der Waals surface area contributed by atoms with Gasteiger partial charge in [-0.3, -0.25) is 9.59 Å². The number of carbonyl (C=O) groups is 3. The molecule has 2 amide bonds. The highest BCUT2D eigenvalue weighted by Gasteiger charge is 2.41. The van der Waals surface area contributed by atoms with E-state index < -0.39 is 29.8 Å². The van der Waals surface area contributed by atoms with E-state index in [0.29, 0.717) is 42.9 Å². The fourth-order valence-electron chi connectivity index (χ4n) is 3.94. The average Bonchev–Trinajstić information content (AvgIpc) is 3.09. The molecular formula is C20H21ClFN5O4. The maximum absolute atomic E-state index is 13.4. The van der Waals surface area contributed by atoms with E-state index in [2.05, 4.69) is 15.7 Å². The van der Waals surface area contributed by atoms with E-state index in [1.165, 1.54) is 28.8 Å². The van der Waals surface area contributed by atoms with Crippen molar-refractivity contribution in [3.8, 4) is 0 Å². The number of nitrogens with one attached hydrogen (secondary N) is 2. The fraction of sp³-hybridized carbons (Fsp3) is 0.400. The summed E-state index contributed by atoms with van der Waals surface area (Å²) in [5, 5.41) is 10.2. The smallest absolute Gasteiger partial charge is 0.330 e. The Morgan fingerprint density at radius 2 is 2.16 bits per heavy atom. The third kappa shape index (κ3) is 3.77. The minimum atomic E-state index is -0.884. The van der Waals surface area contributed by atoms with Crippen molar-refractivity contribution in [1.82, 2.24) is 20.0 Å². The number of carbonyl (C=O) groups excluding carboxylic acids is 3. The summed E-state index contributed by atoms with van der Waals surface area (Å²) in [6.07, 6.45) is 0.840. The van der Waals surface area contributed by atoms with Crippen LogP contribution in [0.15, 0.2) is 18.2 Å². The van der Waals surface area contributed by atoms with Crippen molar-refractivity contribution in [3.63, 3.8) is 0 Å². The third-order valence-electron chi connectivity index (χ3n) is 5.53. The summed E-state index contributed by atoms with van der Waals surface area (Å²) in [5.74, 6) is -1.87. The lowest BCUT2D eigenvalue weighted by atomic mass is 9.97. The van der Waals surface area contributed by atoms with Crippen LogP contribution in [0.4, 0.5) is 10.1 Å². The molecule has 0 saturated heterocycles. The predicted octanol–water partition coefficient (Wildman–Crippen LogP) is 1.69. The zero-order valence-electron chi connectivity index (χ0n) is 16.9. The van der Waals surface area contributed by atoms with Crippen molar-refractivity contribution < 1.29 is 23.5 Å². The molecule has 164 valence electrons. The van der Waals surface area contributed by atoms with Crippen molar-refractivity contribution >= 4 is 35.1 Å². The first-order chi connectivity index (χ1) is 14.8. The molecule has 0 spiro atoms. The number of halogens is 2. The molecule has 2 N–H and O–H groups in total. The summed E-state index contributed by atoms with van der Waals surface area (Å²) in [4.78, 5) is 40.1. The Morgan fingerprint density at radius 3 is 2.87 bits per heavy atom. The molecule has 0 bridgehead atoms. The molecule has 11 heteroatoms. The zero-order valence-corrected chi connectivity index (χ0v) is 17.7. The first-order valence-corrected chi connectivity index (χ1v) is 10.1. The molecule has 0 aliphatic carbocycles. The quantitative estimate of drug-likeness (QED) is 0.691. The van der Waals surface area contributed by atoms with Gasteiger partial charge in [-0.2, -0.15) is 5.10 Å². The number of aromatic nitrogens is 2. The van der Waals surface area contributed by atoms with E-state index in [9.17, 15) is 18.8 Å².